The van der Waals surface area contributed by atoms with E-state index in [1.54, 1.807) is 22.6 Å². The molecule has 0 aromatic heterocycles. The van der Waals surface area contributed by atoms with Gasteiger partial charge in [0, 0.05) is 29.7 Å². The molecule has 0 aliphatic heterocycles. The predicted octanol–water partition coefficient (Wildman–Crippen LogP) is -1.88. The van der Waals surface area contributed by atoms with Gasteiger partial charge in [0.1, 0.15) is 0 Å². The third kappa shape index (κ3) is 13.6. The molecule has 7 N–H and O–H groups in total. The molecule has 0 radical (unpaired) electrons. The monoisotopic (exact) mass is 673 g/mol. The predicted molar refractivity (Wildman–Crippen MR) is 139 cm³/mol. The lowest BCUT2D eigenvalue weighted by Gasteiger charge is -2.28. The number of rotatable bonds is 18. The van der Waals surface area contributed by atoms with Crippen LogP contribution in [-0.4, -0.2) is 132 Å². The van der Waals surface area contributed by atoms with E-state index in [-0.39, 0.29) is 43.3 Å². The van der Waals surface area contributed by atoms with Gasteiger partial charge in [-0.25, -0.2) is 13.6 Å². The van der Waals surface area contributed by atoms with E-state index < -0.39 is 66.0 Å². The van der Waals surface area contributed by atoms with E-state index in [4.69, 9.17) is 25.6 Å². The average Bonchev–Trinajstić information content (AvgIpc) is 2.74. The number of carbonyl (C=O) groups is 5. The van der Waals surface area contributed by atoms with Crippen molar-refractivity contribution in [3.63, 3.8) is 0 Å². The van der Waals surface area contributed by atoms with Crippen LogP contribution in [0.5, 0.6) is 0 Å². The Kier molecular flexibility index (Phi) is 13.5. The van der Waals surface area contributed by atoms with E-state index in [1.807, 2.05) is 0 Å². The van der Waals surface area contributed by atoms with Crippen LogP contribution in [0.1, 0.15) is 0 Å². The summed E-state index contributed by atoms with van der Waals surface area (Å²) in [6.07, 6.45) is 0. The maximum Gasteiger partial charge on any atom is 0.317 e. The van der Waals surface area contributed by atoms with Crippen LogP contribution in [0.15, 0.2) is 23.1 Å². The highest BCUT2D eigenvalue weighted by atomic mass is 127. The van der Waals surface area contributed by atoms with E-state index in [0.717, 1.165) is 9.80 Å². The van der Waals surface area contributed by atoms with Crippen LogP contribution in [-0.2, 0) is 34.0 Å². The first-order valence-corrected chi connectivity index (χ1v) is 13.4. The number of carbonyl (C=O) groups excluding carboxylic acids is 1. The second-order valence-electron chi connectivity index (χ2n) is 8.01. The van der Waals surface area contributed by atoms with Gasteiger partial charge in [0.15, 0.2) is 0 Å². The highest BCUT2D eigenvalue weighted by molar-refractivity contribution is 14.1. The molecule has 0 heterocycles. The van der Waals surface area contributed by atoms with E-state index in [1.165, 1.54) is 23.1 Å². The molecule has 0 fully saturated rings. The first-order chi connectivity index (χ1) is 17.6. The van der Waals surface area contributed by atoms with Crippen molar-refractivity contribution >= 4 is 68.1 Å². The molecule has 0 unspecified atom stereocenters. The summed E-state index contributed by atoms with van der Waals surface area (Å²) in [6.45, 7) is -2.80. The fourth-order valence-corrected chi connectivity index (χ4v) is 4.60. The fourth-order valence-electron chi connectivity index (χ4n) is 3.20. The molecule has 1 aromatic carbocycles. The Balaban J connectivity index is 3.02. The van der Waals surface area contributed by atoms with Crippen molar-refractivity contribution < 1.29 is 52.8 Å². The van der Waals surface area contributed by atoms with Gasteiger partial charge in [-0.1, -0.05) is 0 Å². The van der Waals surface area contributed by atoms with Crippen LogP contribution in [0.4, 0.5) is 5.69 Å². The third-order valence-electron chi connectivity index (χ3n) is 4.81. The Morgan fingerprint density at radius 3 is 1.47 bits per heavy atom. The summed E-state index contributed by atoms with van der Waals surface area (Å²) in [5.74, 6) is -5.62. The molecular weight excluding hydrogens is 645 g/mol. The summed E-state index contributed by atoms with van der Waals surface area (Å²) in [7, 11) is -3.96. The molecule has 0 atom stereocenters. The van der Waals surface area contributed by atoms with Gasteiger partial charge in [-0.2, -0.15) is 0 Å². The van der Waals surface area contributed by atoms with Crippen LogP contribution < -0.4 is 10.5 Å². The van der Waals surface area contributed by atoms with Gasteiger partial charge >= 0.3 is 23.9 Å². The van der Waals surface area contributed by atoms with Crippen molar-refractivity contribution in [2.45, 2.75) is 4.90 Å². The second kappa shape index (κ2) is 15.5. The molecule has 18 heteroatoms. The molecule has 212 valence electrons. The first-order valence-electron chi connectivity index (χ1n) is 10.7. The number of primary sulfonamides is 1. The van der Waals surface area contributed by atoms with Crippen molar-refractivity contribution in [3.05, 3.63) is 21.8 Å². The number of nitrogens with zero attached hydrogens (tertiary/aromatic N) is 3. The summed E-state index contributed by atoms with van der Waals surface area (Å²) in [5.41, 5.74) is 0.278. The van der Waals surface area contributed by atoms with E-state index in [0.29, 0.717) is 3.57 Å². The van der Waals surface area contributed by atoms with Crippen LogP contribution >= 0.6 is 22.6 Å². The zero-order valence-electron chi connectivity index (χ0n) is 19.9. The number of carboxylic acids is 4. The topological polar surface area (TPSA) is 248 Å². The number of sulfonamides is 1. The van der Waals surface area contributed by atoms with Gasteiger partial charge in [0.25, 0.3) is 0 Å². The molecule has 0 aliphatic carbocycles. The fraction of sp³-hybridized carbons (Fsp3) is 0.450. The van der Waals surface area contributed by atoms with Gasteiger partial charge < -0.3 is 25.7 Å². The number of hydrogen-bond donors (Lipinski definition) is 6. The number of nitrogens with one attached hydrogen (secondary N) is 1. The summed E-state index contributed by atoms with van der Waals surface area (Å²) >= 11 is 1.80. The molecule has 0 bridgehead atoms. The third-order valence-corrected chi connectivity index (χ3v) is 6.61. The number of nitrogens with two attached hydrogens (primary N) is 1. The SMILES string of the molecule is NS(=O)(=O)c1ccc(NC(=O)CN(CCN(CC(=O)O)CC(=O)O)CCN(CC(=O)O)CC(=O)O)c(I)c1. The minimum Gasteiger partial charge on any atom is -0.480 e. The van der Waals surface area contributed by atoms with Crippen molar-refractivity contribution in [3.8, 4) is 0 Å². The largest absolute Gasteiger partial charge is 0.480 e. The van der Waals surface area contributed by atoms with Crippen molar-refractivity contribution in [1.82, 2.24) is 14.7 Å². The number of benzene rings is 1. The van der Waals surface area contributed by atoms with Crippen molar-refractivity contribution in [1.29, 1.82) is 0 Å². The smallest absolute Gasteiger partial charge is 0.317 e. The van der Waals surface area contributed by atoms with Gasteiger partial charge in [0.05, 0.1) is 43.3 Å². The molecule has 0 saturated heterocycles. The van der Waals surface area contributed by atoms with Crippen LogP contribution in [0, 0.1) is 3.57 Å². The van der Waals surface area contributed by atoms with Gasteiger partial charge in [-0.05, 0) is 40.8 Å². The standard InChI is InChI=1S/C20H28IN5O11S/c21-14-7-13(38(22,36)37)1-2-15(14)23-16(27)8-24(3-5-25(9-17(28)29)10-18(30)31)4-6-26(11-19(32)33)12-20(34)35/h1-2,7H,3-6,8-12H2,(H,23,27)(H,28,29)(H,30,31)(H,32,33)(H,34,35)(H2,22,36,37). The number of carboxylic acid groups (broad SMARTS) is 4. The maximum atomic E-state index is 12.8. The van der Waals surface area contributed by atoms with E-state index in [9.17, 15) is 32.4 Å². The molecule has 0 spiro atoms. The number of anilines is 1. The van der Waals surface area contributed by atoms with E-state index >= 15 is 0 Å². The molecule has 38 heavy (non-hydrogen) atoms. The molecule has 1 amide bonds. The number of amides is 1. The first kappa shape index (κ1) is 33.1. The van der Waals surface area contributed by atoms with Crippen molar-refractivity contribution in [2.75, 3.05) is 64.2 Å². The van der Waals surface area contributed by atoms with Gasteiger partial charge in [-0.3, -0.25) is 38.7 Å². The Morgan fingerprint density at radius 2 is 1.13 bits per heavy atom. The molecular formula is C20H28IN5O11S. The summed E-state index contributed by atoms with van der Waals surface area (Å²) in [6, 6.07) is 3.80. The molecule has 1 aromatic rings. The molecule has 0 saturated carbocycles. The highest BCUT2D eigenvalue weighted by Gasteiger charge is 2.20. The van der Waals surface area contributed by atoms with Crippen LogP contribution in [0.25, 0.3) is 0 Å². The molecule has 1 rings (SSSR count). The lowest BCUT2D eigenvalue weighted by atomic mass is 10.3. The summed E-state index contributed by atoms with van der Waals surface area (Å²) in [5, 5.41) is 43.8. The minimum atomic E-state index is -3.96. The average molecular weight is 673 g/mol. The minimum absolute atomic E-state index is 0.0105. The zero-order valence-corrected chi connectivity index (χ0v) is 22.9. The normalized spacial score (nSPS) is 11.6. The summed E-state index contributed by atoms with van der Waals surface area (Å²) < 4.78 is 23.4. The van der Waals surface area contributed by atoms with Gasteiger partial charge in [0.2, 0.25) is 15.9 Å². The summed E-state index contributed by atoms with van der Waals surface area (Å²) in [4.78, 5) is 60.6. The second-order valence-corrected chi connectivity index (χ2v) is 10.7. The lowest BCUT2D eigenvalue weighted by Crippen LogP contribution is -2.46. The number of aliphatic carboxylic acids is 4. The molecule has 16 nitrogen and oxygen atoms in total. The lowest BCUT2D eigenvalue weighted by molar-refractivity contribution is -0.143. The Morgan fingerprint density at radius 1 is 0.737 bits per heavy atom. The Bertz CT molecular complexity index is 1080. The van der Waals surface area contributed by atoms with Crippen molar-refractivity contribution in [2.24, 2.45) is 5.14 Å². The Hall–Kier alpha value is -2.91. The Labute approximate surface area is 231 Å². The maximum absolute atomic E-state index is 12.8. The van der Waals surface area contributed by atoms with Gasteiger partial charge in [-0.15, -0.1) is 0 Å². The van der Waals surface area contributed by atoms with E-state index in [2.05, 4.69) is 5.32 Å². The highest BCUT2D eigenvalue weighted by Crippen LogP contribution is 2.21. The zero-order chi connectivity index (χ0) is 29.0. The molecule has 0 aliphatic rings. The van der Waals surface area contributed by atoms with Crippen LogP contribution in [0.2, 0.25) is 0 Å². The number of hydrogen-bond acceptors (Lipinski definition) is 10. The quantitative estimate of drug-likeness (QED) is 0.0935. The van der Waals surface area contributed by atoms with Crippen LogP contribution in [0.3, 0.4) is 0 Å². The number of halogens is 1.